The van der Waals surface area contributed by atoms with E-state index in [-0.39, 0.29) is 61.2 Å². The number of esters is 1. The van der Waals surface area contributed by atoms with Crippen LogP contribution in [0.15, 0.2) is 60.9 Å². The summed E-state index contributed by atoms with van der Waals surface area (Å²) < 4.78 is 22.6. The third kappa shape index (κ3) is 7.66. The summed E-state index contributed by atoms with van der Waals surface area (Å²) in [4.78, 5) is 57.3. The molecule has 0 aliphatic carbocycles. The Bertz CT molecular complexity index is 1300. The van der Waals surface area contributed by atoms with E-state index in [2.05, 4.69) is 53.6 Å². The van der Waals surface area contributed by atoms with E-state index in [1.54, 1.807) is 16.8 Å². The fourth-order valence-corrected chi connectivity index (χ4v) is 7.42. The van der Waals surface area contributed by atoms with Gasteiger partial charge in [0.2, 0.25) is 5.91 Å². The maximum atomic E-state index is 13.7. The zero-order valence-electron chi connectivity index (χ0n) is 28.7. The Balaban J connectivity index is 1.94. The molecule has 0 aromatic rings. The van der Waals surface area contributed by atoms with Gasteiger partial charge in [0.25, 0.3) is 0 Å². The van der Waals surface area contributed by atoms with Crippen LogP contribution < -0.4 is 0 Å². The van der Waals surface area contributed by atoms with Gasteiger partial charge in [-0.15, -0.1) is 0 Å². The Hall–Kier alpha value is -3.64. The fraction of sp³-hybridized carbons (Fsp3) is 0.588. The third-order valence-electron chi connectivity index (χ3n) is 9.49. The first kappa shape index (κ1) is 36.8. The average molecular weight is 658 g/mol. The molecule has 0 aromatic heterocycles. The van der Waals surface area contributed by atoms with Crippen LogP contribution in [0, 0.1) is 5.92 Å². The van der Waals surface area contributed by atoms with Gasteiger partial charge in [-0.1, -0.05) is 64.8 Å². The number of β-lactam (4-membered cyclic amide) rings is 1. The largest absolute Gasteiger partial charge is 0.457 e. The smallest absolute Gasteiger partial charge is 0.410 e. The van der Waals surface area contributed by atoms with E-state index in [1.165, 1.54) is 23.1 Å². The van der Waals surface area contributed by atoms with Crippen molar-refractivity contribution in [2.75, 3.05) is 33.4 Å². The van der Waals surface area contributed by atoms with Crippen LogP contribution in [-0.4, -0.2) is 105 Å². The van der Waals surface area contributed by atoms with Crippen molar-refractivity contribution in [2.24, 2.45) is 5.92 Å². The van der Waals surface area contributed by atoms with E-state index in [9.17, 15) is 19.2 Å². The molecule has 3 heterocycles. The minimum atomic E-state index is -2.16. The zero-order valence-corrected chi connectivity index (χ0v) is 29.7. The summed E-state index contributed by atoms with van der Waals surface area (Å²) in [5.74, 6) is -1.18. The van der Waals surface area contributed by atoms with Gasteiger partial charge < -0.3 is 28.4 Å². The Morgan fingerprint density at radius 2 is 1.63 bits per heavy atom. The van der Waals surface area contributed by atoms with Crippen molar-refractivity contribution in [3.05, 3.63) is 60.9 Å². The van der Waals surface area contributed by atoms with Crippen molar-refractivity contribution in [2.45, 2.75) is 89.8 Å². The highest BCUT2D eigenvalue weighted by atomic mass is 28.4. The topological polar surface area (TPSA) is 115 Å². The Labute approximate surface area is 274 Å². The van der Waals surface area contributed by atoms with Gasteiger partial charge in [0.05, 0.1) is 30.1 Å². The molecule has 3 aliphatic rings. The summed E-state index contributed by atoms with van der Waals surface area (Å²) in [5, 5.41) is -0.0277. The molecule has 0 unspecified atom stereocenters. The van der Waals surface area contributed by atoms with Gasteiger partial charge in [-0.3, -0.25) is 9.69 Å². The lowest BCUT2D eigenvalue weighted by Crippen LogP contribution is -2.63. The summed E-state index contributed by atoms with van der Waals surface area (Å²) in [7, 11) is -0.538. The molecule has 0 aromatic carbocycles. The first-order valence-corrected chi connectivity index (χ1v) is 18.7. The van der Waals surface area contributed by atoms with Gasteiger partial charge in [0, 0.05) is 13.6 Å². The quantitative estimate of drug-likeness (QED) is 0.0830. The maximum absolute atomic E-state index is 13.7. The fourth-order valence-electron chi connectivity index (χ4n) is 5.99. The molecule has 0 bridgehead atoms. The highest BCUT2D eigenvalue weighted by Gasteiger charge is 2.58. The lowest BCUT2D eigenvalue weighted by atomic mass is 9.82. The van der Waals surface area contributed by atoms with E-state index >= 15 is 0 Å². The molecule has 11 nitrogen and oxygen atoms in total. The molecule has 0 radical (unpaired) electrons. The number of amides is 3. The van der Waals surface area contributed by atoms with Gasteiger partial charge in [-0.05, 0) is 56.0 Å². The van der Waals surface area contributed by atoms with Crippen LogP contribution in [0.25, 0.3) is 0 Å². The summed E-state index contributed by atoms with van der Waals surface area (Å²) in [6, 6.07) is -1.07. The molecule has 0 saturated carbocycles. The first-order valence-electron chi connectivity index (χ1n) is 15.8. The highest BCUT2D eigenvalue weighted by molar-refractivity contribution is 6.74. The molecule has 46 heavy (non-hydrogen) atoms. The second kappa shape index (κ2) is 14.8. The second-order valence-corrected chi connectivity index (χ2v) is 18.4. The Morgan fingerprint density at radius 3 is 2.22 bits per heavy atom. The van der Waals surface area contributed by atoms with Crippen molar-refractivity contribution in [1.29, 1.82) is 0 Å². The minimum absolute atomic E-state index is 0.000895. The van der Waals surface area contributed by atoms with E-state index in [4.69, 9.17) is 18.6 Å². The molecule has 3 aliphatic heterocycles. The molecule has 0 spiro atoms. The number of likely N-dealkylation sites (N-methyl/N-ethyl adjacent to an activating group) is 1. The van der Waals surface area contributed by atoms with E-state index < -0.39 is 38.4 Å². The number of rotatable bonds is 13. The lowest BCUT2D eigenvalue weighted by Gasteiger charge is -2.48. The van der Waals surface area contributed by atoms with Gasteiger partial charge in [0.1, 0.15) is 25.5 Å². The number of nitrogens with zero attached hydrogens (tertiary/aromatic N) is 3. The van der Waals surface area contributed by atoms with Crippen LogP contribution in [-0.2, 0) is 28.2 Å². The van der Waals surface area contributed by atoms with Crippen LogP contribution in [0.4, 0.5) is 9.59 Å². The van der Waals surface area contributed by atoms with Crippen molar-refractivity contribution in [3.8, 4) is 0 Å². The number of ether oxygens (including phenoxy) is 3. The Morgan fingerprint density at radius 1 is 1.04 bits per heavy atom. The molecular formula is C34H51N3O8Si. The third-order valence-corrected chi connectivity index (χ3v) is 14.1. The lowest BCUT2D eigenvalue weighted by molar-refractivity contribution is -0.161. The predicted octanol–water partition coefficient (Wildman–Crippen LogP) is 5.58. The number of fused-ring (bicyclic) bond motifs is 1. The maximum Gasteiger partial charge on any atom is 0.410 e. The zero-order chi connectivity index (χ0) is 34.6. The molecule has 2 fully saturated rings. The van der Waals surface area contributed by atoms with Gasteiger partial charge in [-0.25, -0.2) is 14.4 Å². The molecule has 0 N–H and O–H groups in total. The van der Waals surface area contributed by atoms with Crippen LogP contribution in [0.2, 0.25) is 18.1 Å². The molecule has 3 rings (SSSR count). The average Bonchev–Trinajstić information content (AvgIpc) is 3.55. The number of allylic oxidation sites excluding steroid dienone is 1. The van der Waals surface area contributed by atoms with Crippen LogP contribution >= 0.6 is 0 Å². The molecule has 2 saturated heterocycles. The number of hydrogen-bond donors (Lipinski definition) is 0. The second-order valence-electron chi connectivity index (χ2n) is 13.6. The van der Waals surface area contributed by atoms with E-state index in [0.29, 0.717) is 18.4 Å². The minimum Gasteiger partial charge on any atom is -0.457 e. The van der Waals surface area contributed by atoms with Crippen LogP contribution in [0.1, 0.15) is 47.5 Å². The molecule has 3 amide bonds. The van der Waals surface area contributed by atoms with Gasteiger partial charge in [-0.2, -0.15) is 0 Å². The Kier molecular flexibility index (Phi) is 11.9. The number of hydrogen-bond acceptors (Lipinski definition) is 8. The number of likely N-dealkylation sites (tertiary alicyclic amines) is 1. The molecular weight excluding hydrogens is 606 g/mol. The monoisotopic (exact) mass is 657 g/mol. The SMILES string of the molecule is C=CCOC(=O)C1=C(C(C)=C[C@@H]2C[C@H](N(C)C(=O)OCC=C)CN2C(=O)OCC=C)C[C@@H]2[C@@H]([C@@H](C)O[Si](C)(C)C(C)(C)C)C(=O)N12. The van der Waals surface area contributed by atoms with E-state index in [1.807, 2.05) is 19.9 Å². The number of carbonyl (C=O) groups excluding carboxylic acids is 4. The summed E-state index contributed by atoms with van der Waals surface area (Å²) in [6.07, 6.45) is 5.79. The van der Waals surface area contributed by atoms with Crippen molar-refractivity contribution >= 4 is 32.4 Å². The van der Waals surface area contributed by atoms with E-state index in [0.717, 1.165) is 5.57 Å². The van der Waals surface area contributed by atoms with Crippen LogP contribution in [0.3, 0.4) is 0 Å². The van der Waals surface area contributed by atoms with Gasteiger partial charge in [0.15, 0.2) is 8.32 Å². The summed E-state index contributed by atoms with van der Waals surface area (Å²) >= 11 is 0. The van der Waals surface area contributed by atoms with Gasteiger partial charge >= 0.3 is 18.2 Å². The normalized spacial score (nSPS) is 23.7. The van der Waals surface area contributed by atoms with Crippen LogP contribution in [0.5, 0.6) is 0 Å². The highest BCUT2D eigenvalue weighted by Crippen LogP contribution is 2.48. The predicted molar refractivity (Wildman–Crippen MR) is 178 cm³/mol. The summed E-state index contributed by atoms with van der Waals surface area (Å²) in [5.41, 5.74) is 1.62. The van der Waals surface area contributed by atoms with Crippen molar-refractivity contribution < 1.29 is 37.8 Å². The molecule has 12 heteroatoms. The molecule has 254 valence electrons. The van der Waals surface area contributed by atoms with Crippen molar-refractivity contribution in [1.82, 2.24) is 14.7 Å². The summed E-state index contributed by atoms with van der Waals surface area (Å²) in [6.45, 7) is 25.7. The molecule has 5 atom stereocenters. The number of carbonyl (C=O) groups is 4. The first-order chi connectivity index (χ1) is 21.5. The standard InChI is InChI=1S/C34H51N3O8Si/c1-12-15-42-31(39)29-26(20-27-28(30(38)37(27)29)23(5)45-46(10,11)34(6,7)8)22(4)18-24-19-25(35(9)32(40)43-16-13-2)21-36(24)33(41)44-17-14-3/h12-14,18,23-25,27-28H,1-3,15-17,19-21H2,4-11H3/t23-,24-,25+,27-,28-/m1/s1. The van der Waals surface area contributed by atoms with Crippen molar-refractivity contribution in [3.63, 3.8) is 0 Å².